The van der Waals surface area contributed by atoms with E-state index in [-0.39, 0.29) is 11.2 Å². The summed E-state index contributed by atoms with van der Waals surface area (Å²) < 4.78 is 13.3. The molecule has 0 aromatic carbocycles. The Labute approximate surface area is 182 Å². The van der Waals surface area contributed by atoms with E-state index < -0.39 is 0 Å². The van der Waals surface area contributed by atoms with Gasteiger partial charge in [-0.1, -0.05) is 33.3 Å². The normalized spacial score (nSPS) is 57.4. The fraction of sp³-hybridized carbons (Fsp3) is 0.889. The molecular weight excluding hydrogens is 372 g/mol. The first kappa shape index (κ1) is 20.0. The van der Waals surface area contributed by atoms with Gasteiger partial charge in [-0.25, -0.2) is 0 Å². The largest absolute Gasteiger partial charge is 0.349 e. The zero-order valence-electron chi connectivity index (χ0n) is 19.4. The van der Waals surface area contributed by atoms with Gasteiger partial charge in [-0.05, 0) is 91.4 Å². The van der Waals surface area contributed by atoms with Crippen molar-refractivity contribution in [2.24, 2.45) is 46.3 Å². The van der Waals surface area contributed by atoms with Crippen LogP contribution in [0.25, 0.3) is 0 Å². The summed E-state index contributed by atoms with van der Waals surface area (Å²) >= 11 is 0. The third kappa shape index (κ3) is 2.48. The van der Waals surface area contributed by atoms with Gasteiger partial charge in [-0.15, -0.1) is 0 Å². The van der Waals surface area contributed by atoms with Crippen LogP contribution in [0.1, 0.15) is 85.5 Å². The third-order valence-electron chi connectivity index (χ3n) is 11.2. The number of ether oxygens (including phenoxy) is 2. The van der Waals surface area contributed by atoms with Crippen molar-refractivity contribution in [3.05, 3.63) is 11.6 Å². The maximum atomic E-state index is 12.1. The lowest BCUT2D eigenvalue weighted by atomic mass is 9.46. The number of fused-ring (bicyclic) bond motifs is 7. The average molecular weight is 413 g/mol. The predicted molar refractivity (Wildman–Crippen MR) is 117 cm³/mol. The molecule has 4 aliphatic carbocycles. The number of carbonyl (C=O) groups is 1. The van der Waals surface area contributed by atoms with Crippen LogP contribution in [0, 0.1) is 46.3 Å². The molecule has 30 heavy (non-hydrogen) atoms. The first-order valence-corrected chi connectivity index (χ1v) is 12.8. The summed E-state index contributed by atoms with van der Waals surface area (Å²) in [5, 5.41) is 0. The Hall–Kier alpha value is -0.670. The number of rotatable bonds is 0. The predicted octanol–water partition coefficient (Wildman–Crippen LogP) is 5.92. The van der Waals surface area contributed by atoms with Crippen molar-refractivity contribution >= 4 is 5.78 Å². The second-order valence-corrected chi connectivity index (χ2v) is 12.5. The van der Waals surface area contributed by atoms with Gasteiger partial charge in [-0.2, -0.15) is 0 Å². The van der Waals surface area contributed by atoms with E-state index in [1.54, 1.807) is 0 Å². The Morgan fingerprint density at radius 2 is 1.83 bits per heavy atom. The molecule has 0 amide bonds. The van der Waals surface area contributed by atoms with Gasteiger partial charge in [0.15, 0.2) is 11.6 Å². The first-order valence-electron chi connectivity index (χ1n) is 12.8. The molecule has 2 aliphatic heterocycles. The van der Waals surface area contributed by atoms with Gasteiger partial charge in [0, 0.05) is 18.8 Å². The maximum Gasteiger partial charge on any atom is 0.171 e. The molecular formula is C27H40O3. The van der Waals surface area contributed by atoms with E-state index in [1.165, 1.54) is 37.7 Å². The molecule has 0 bridgehead atoms. The van der Waals surface area contributed by atoms with Crippen LogP contribution in [0.15, 0.2) is 11.6 Å². The van der Waals surface area contributed by atoms with Gasteiger partial charge in [0.1, 0.15) is 0 Å². The molecule has 1 spiro atoms. The highest BCUT2D eigenvalue weighted by atomic mass is 16.7. The molecule has 0 aromatic rings. The quantitative estimate of drug-likeness (QED) is 0.495. The fourth-order valence-corrected chi connectivity index (χ4v) is 9.58. The minimum Gasteiger partial charge on any atom is -0.349 e. The third-order valence-corrected chi connectivity index (χ3v) is 11.2. The lowest BCUT2D eigenvalue weighted by Gasteiger charge is -2.58. The van der Waals surface area contributed by atoms with Crippen molar-refractivity contribution in [3.63, 3.8) is 0 Å². The number of carbonyl (C=O) groups excluding carboxylic acids is 1. The molecule has 166 valence electrons. The Balaban J connectivity index is 1.28. The molecule has 10 atom stereocenters. The van der Waals surface area contributed by atoms with Crippen molar-refractivity contribution in [1.29, 1.82) is 0 Å². The minimum absolute atomic E-state index is 0.270. The highest BCUT2D eigenvalue weighted by Gasteiger charge is 2.68. The average Bonchev–Trinajstić information content (AvgIpc) is 3.16. The lowest BCUT2D eigenvalue weighted by Crippen LogP contribution is -2.52. The van der Waals surface area contributed by atoms with E-state index in [0.717, 1.165) is 50.0 Å². The molecule has 0 radical (unpaired) electrons. The summed E-state index contributed by atoms with van der Waals surface area (Å²) in [6, 6.07) is 0. The van der Waals surface area contributed by atoms with Gasteiger partial charge in [0.25, 0.3) is 0 Å². The van der Waals surface area contributed by atoms with Crippen LogP contribution in [-0.2, 0) is 14.3 Å². The van der Waals surface area contributed by atoms with Crippen molar-refractivity contribution < 1.29 is 14.3 Å². The SMILES string of the molecule is CC1CC[C@@]2(OC1)OC1CC3C4CCC5=CC(=O)CCC5(C)C4CCC3(C)C1[C@@H]2C. The molecule has 3 heteroatoms. The second kappa shape index (κ2) is 6.44. The van der Waals surface area contributed by atoms with E-state index in [9.17, 15) is 4.79 Å². The molecule has 5 fully saturated rings. The summed E-state index contributed by atoms with van der Waals surface area (Å²) in [6.07, 6.45) is 12.9. The van der Waals surface area contributed by atoms with Crippen LogP contribution < -0.4 is 0 Å². The molecule has 6 aliphatic rings. The summed E-state index contributed by atoms with van der Waals surface area (Å²) in [6.45, 7) is 10.7. The van der Waals surface area contributed by atoms with Gasteiger partial charge in [0.2, 0.25) is 0 Å². The number of hydrogen-bond acceptors (Lipinski definition) is 3. The van der Waals surface area contributed by atoms with Crippen LogP contribution >= 0.6 is 0 Å². The lowest BCUT2D eigenvalue weighted by molar-refractivity contribution is -0.272. The Kier molecular flexibility index (Phi) is 4.29. The van der Waals surface area contributed by atoms with E-state index in [2.05, 4.69) is 27.7 Å². The highest BCUT2D eigenvalue weighted by Crippen LogP contribution is 2.70. The van der Waals surface area contributed by atoms with Crippen LogP contribution in [0.4, 0.5) is 0 Å². The van der Waals surface area contributed by atoms with Crippen molar-refractivity contribution in [2.75, 3.05) is 6.61 Å². The van der Waals surface area contributed by atoms with Crippen LogP contribution in [0.3, 0.4) is 0 Å². The molecule has 3 saturated carbocycles. The fourth-order valence-electron chi connectivity index (χ4n) is 9.58. The molecule has 0 aromatic heterocycles. The van der Waals surface area contributed by atoms with E-state index in [1.807, 2.05) is 6.08 Å². The van der Waals surface area contributed by atoms with E-state index in [4.69, 9.17) is 9.47 Å². The Morgan fingerprint density at radius 1 is 1.00 bits per heavy atom. The van der Waals surface area contributed by atoms with Gasteiger partial charge in [-0.3, -0.25) is 4.79 Å². The summed E-state index contributed by atoms with van der Waals surface area (Å²) in [7, 11) is 0. The molecule has 0 N–H and O–H groups in total. The monoisotopic (exact) mass is 412 g/mol. The van der Waals surface area contributed by atoms with Gasteiger partial charge < -0.3 is 9.47 Å². The molecule has 3 nitrogen and oxygen atoms in total. The molecule has 6 rings (SSSR count). The Morgan fingerprint density at radius 3 is 2.60 bits per heavy atom. The summed E-state index contributed by atoms with van der Waals surface area (Å²) in [5.41, 5.74) is 2.14. The van der Waals surface area contributed by atoms with E-state index >= 15 is 0 Å². The Bertz CT molecular complexity index is 777. The zero-order valence-corrected chi connectivity index (χ0v) is 19.4. The summed E-state index contributed by atoms with van der Waals surface area (Å²) in [5.74, 6) is 4.24. The minimum atomic E-state index is -0.301. The molecule has 2 heterocycles. The van der Waals surface area contributed by atoms with Gasteiger partial charge in [0.05, 0.1) is 12.7 Å². The van der Waals surface area contributed by atoms with Crippen molar-refractivity contribution in [1.82, 2.24) is 0 Å². The number of ketones is 1. The summed E-state index contributed by atoms with van der Waals surface area (Å²) in [4.78, 5) is 12.1. The molecule has 8 unspecified atom stereocenters. The zero-order chi connectivity index (χ0) is 20.9. The first-order chi connectivity index (χ1) is 14.3. The van der Waals surface area contributed by atoms with Gasteiger partial charge >= 0.3 is 0 Å². The highest BCUT2D eigenvalue weighted by molar-refractivity contribution is 5.91. The van der Waals surface area contributed by atoms with Crippen LogP contribution in [0.5, 0.6) is 0 Å². The topological polar surface area (TPSA) is 35.5 Å². The maximum absolute atomic E-state index is 12.1. The smallest absolute Gasteiger partial charge is 0.171 e. The van der Waals surface area contributed by atoms with Crippen LogP contribution in [0.2, 0.25) is 0 Å². The standard InChI is InChI=1S/C27H40O3/c1-16-7-12-27(29-15-16)17(2)24-23(30-27)14-22-20-6-5-18-13-19(28)8-10-25(18,3)21(20)9-11-26(22,24)4/h13,16-17,20-24H,5-12,14-15H2,1-4H3/t16?,17-,20?,21?,22?,23?,24?,25?,26?,27+/m0/s1. The van der Waals surface area contributed by atoms with Crippen molar-refractivity contribution in [2.45, 2.75) is 97.4 Å². The van der Waals surface area contributed by atoms with E-state index in [0.29, 0.717) is 35.1 Å². The second-order valence-electron chi connectivity index (χ2n) is 12.5. The number of allylic oxidation sites excluding steroid dienone is 1. The number of hydrogen-bond donors (Lipinski definition) is 0. The molecule has 2 saturated heterocycles. The van der Waals surface area contributed by atoms with Crippen LogP contribution in [-0.4, -0.2) is 24.3 Å². The van der Waals surface area contributed by atoms with Crippen molar-refractivity contribution in [3.8, 4) is 0 Å².